The van der Waals surface area contributed by atoms with E-state index >= 15 is 0 Å². The number of hydrogen-bond donors (Lipinski definition) is 2. The second-order valence-electron chi connectivity index (χ2n) is 4.94. The van der Waals surface area contributed by atoms with Crippen molar-refractivity contribution in [1.82, 2.24) is 4.98 Å². The zero-order valence-electron chi connectivity index (χ0n) is 11.0. The van der Waals surface area contributed by atoms with E-state index in [1.807, 2.05) is 4.90 Å². The topological polar surface area (TPSA) is 128 Å². The Morgan fingerprint density at radius 3 is 2.65 bits per heavy atom. The van der Waals surface area contributed by atoms with Gasteiger partial charge >= 0.3 is 5.69 Å². The van der Waals surface area contributed by atoms with Crippen molar-refractivity contribution in [1.29, 1.82) is 0 Å². The van der Waals surface area contributed by atoms with Crippen LogP contribution in [0.3, 0.4) is 0 Å². The largest absolute Gasteiger partial charge is 0.384 e. The fourth-order valence-corrected chi connectivity index (χ4v) is 2.46. The highest BCUT2D eigenvalue weighted by Gasteiger charge is 2.26. The average Bonchev–Trinajstić information content (AvgIpc) is 2.38. The number of hydrogen-bond acceptors (Lipinski definition) is 6. The summed E-state index contributed by atoms with van der Waals surface area (Å²) in [4.78, 5) is 27.4. The van der Waals surface area contributed by atoms with Gasteiger partial charge < -0.3 is 16.4 Å². The molecule has 1 saturated heterocycles. The number of rotatable bonds is 4. The maximum atomic E-state index is 11.0. The zero-order chi connectivity index (χ0) is 14.7. The Morgan fingerprint density at radius 1 is 1.45 bits per heavy atom. The third-order valence-electron chi connectivity index (χ3n) is 3.48. The van der Waals surface area contributed by atoms with Crippen LogP contribution < -0.4 is 16.4 Å². The maximum Gasteiger partial charge on any atom is 0.311 e. The molecule has 1 fully saturated rings. The van der Waals surface area contributed by atoms with E-state index in [1.165, 1.54) is 12.1 Å². The molecular formula is C12H17N5O3. The molecule has 0 atom stereocenters. The van der Waals surface area contributed by atoms with Gasteiger partial charge in [-0.25, -0.2) is 4.98 Å². The van der Waals surface area contributed by atoms with Crippen molar-refractivity contribution in [2.45, 2.75) is 19.3 Å². The highest BCUT2D eigenvalue weighted by Crippen LogP contribution is 2.31. The van der Waals surface area contributed by atoms with Gasteiger partial charge in [-0.15, -0.1) is 0 Å². The first-order valence-corrected chi connectivity index (χ1v) is 6.41. The van der Waals surface area contributed by atoms with Crippen molar-refractivity contribution in [3.8, 4) is 0 Å². The van der Waals surface area contributed by atoms with E-state index in [-0.39, 0.29) is 23.3 Å². The highest BCUT2D eigenvalue weighted by atomic mass is 16.6. The van der Waals surface area contributed by atoms with Gasteiger partial charge in [-0.2, -0.15) is 0 Å². The molecule has 2 heterocycles. The summed E-state index contributed by atoms with van der Waals surface area (Å²) in [6.07, 6.45) is 1.88. The van der Waals surface area contributed by atoms with E-state index in [4.69, 9.17) is 11.5 Å². The predicted molar refractivity (Wildman–Crippen MR) is 74.1 cm³/mol. The molecule has 1 aliphatic rings. The first-order chi connectivity index (χ1) is 9.47. The molecule has 8 nitrogen and oxygen atoms in total. The van der Waals surface area contributed by atoms with E-state index < -0.39 is 4.92 Å². The van der Waals surface area contributed by atoms with Crippen LogP contribution in [-0.4, -0.2) is 28.9 Å². The van der Waals surface area contributed by atoms with Crippen LogP contribution in [0.1, 0.15) is 19.3 Å². The Balaban J connectivity index is 2.12. The van der Waals surface area contributed by atoms with E-state index in [1.54, 1.807) is 0 Å². The number of piperidine rings is 1. The summed E-state index contributed by atoms with van der Waals surface area (Å²) >= 11 is 0. The fourth-order valence-electron chi connectivity index (χ4n) is 2.46. The highest BCUT2D eigenvalue weighted by molar-refractivity contribution is 5.74. The smallest absolute Gasteiger partial charge is 0.311 e. The van der Waals surface area contributed by atoms with Crippen LogP contribution in [0.25, 0.3) is 0 Å². The van der Waals surface area contributed by atoms with Crippen molar-refractivity contribution in [2.75, 3.05) is 23.7 Å². The summed E-state index contributed by atoms with van der Waals surface area (Å²) in [6.45, 7) is 1.21. The van der Waals surface area contributed by atoms with Crippen LogP contribution in [0.15, 0.2) is 12.1 Å². The molecule has 1 aromatic heterocycles. The molecule has 0 radical (unpaired) electrons. The zero-order valence-corrected chi connectivity index (χ0v) is 11.0. The number of anilines is 2. The molecule has 0 aliphatic carbocycles. The van der Waals surface area contributed by atoms with Gasteiger partial charge in [-0.05, 0) is 24.8 Å². The minimum atomic E-state index is -0.461. The van der Waals surface area contributed by atoms with Crippen molar-refractivity contribution in [2.24, 2.45) is 11.7 Å². The van der Waals surface area contributed by atoms with Crippen LogP contribution >= 0.6 is 0 Å². The Morgan fingerprint density at radius 2 is 2.10 bits per heavy atom. The summed E-state index contributed by atoms with van der Waals surface area (Å²) in [5.74, 6) is 0.484. The lowest BCUT2D eigenvalue weighted by atomic mass is 9.93. The number of nitrogen functional groups attached to an aromatic ring is 1. The second kappa shape index (κ2) is 5.72. The molecule has 0 unspecified atom stereocenters. The molecule has 20 heavy (non-hydrogen) atoms. The summed E-state index contributed by atoms with van der Waals surface area (Å²) in [5.41, 5.74) is 10.7. The number of amides is 1. The molecule has 0 aromatic carbocycles. The van der Waals surface area contributed by atoms with Crippen molar-refractivity contribution >= 4 is 23.2 Å². The Kier molecular flexibility index (Phi) is 4.02. The summed E-state index contributed by atoms with van der Waals surface area (Å²) in [7, 11) is 0. The Labute approximate surface area is 115 Å². The number of nitrogens with two attached hydrogens (primary N) is 2. The van der Waals surface area contributed by atoms with Crippen LogP contribution in [0.4, 0.5) is 17.3 Å². The Hall–Kier alpha value is -2.38. The van der Waals surface area contributed by atoms with Gasteiger partial charge in [0.25, 0.3) is 0 Å². The number of carbonyl (C=O) groups excluding carboxylic acids is 1. The Bertz CT molecular complexity index is 526. The summed E-state index contributed by atoms with van der Waals surface area (Å²) in [6, 6.07) is 2.79. The van der Waals surface area contributed by atoms with Crippen molar-refractivity contribution < 1.29 is 9.72 Å². The second-order valence-corrected chi connectivity index (χ2v) is 4.94. The lowest BCUT2D eigenvalue weighted by Gasteiger charge is -2.32. The molecule has 2 rings (SSSR count). The number of nitro groups is 1. The number of primary amides is 1. The first-order valence-electron chi connectivity index (χ1n) is 6.41. The van der Waals surface area contributed by atoms with E-state index in [0.29, 0.717) is 25.3 Å². The molecule has 1 aromatic rings. The third-order valence-corrected chi connectivity index (χ3v) is 3.48. The van der Waals surface area contributed by atoms with Gasteiger partial charge in [0.2, 0.25) is 11.7 Å². The van der Waals surface area contributed by atoms with Gasteiger partial charge in [0, 0.05) is 25.6 Å². The van der Waals surface area contributed by atoms with Gasteiger partial charge in [0.1, 0.15) is 5.82 Å². The van der Waals surface area contributed by atoms with E-state index in [0.717, 1.165) is 12.8 Å². The van der Waals surface area contributed by atoms with Gasteiger partial charge in [0.05, 0.1) is 4.92 Å². The third kappa shape index (κ3) is 3.14. The lowest BCUT2D eigenvalue weighted by molar-refractivity contribution is -0.384. The molecule has 1 amide bonds. The van der Waals surface area contributed by atoms with Crippen molar-refractivity contribution in [3.05, 3.63) is 22.2 Å². The van der Waals surface area contributed by atoms with Crippen LogP contribution in [-0.2, 0) is 4.79 Å². The van der Waals surface area contributed by atoms with Gasteiger partial charge in [0.15, 0.2) is 0 Å². The van der Waals surface area contributed by atoms with Gasteiger partial charge in [-0.3, -0.25) is 14.9 Å². The molecular weight excluding hydrogens is 262 g/mol. The molecule has 0 bridgehead atoms. The van der Waals surface area contributed by atoms with Crippen LogP contribution in [0.2, 0.25) is 0 Å². The molecule has 0 spiro atoms. The molecule has 4 N–H and O–H groups in total. The minimum Gasteiger partial charge on any atom is -0.384 e. The van der Waals surface area contributed by atoms with E-state index in [9.17, 15) is 14.9 Å². The molecule has 108 valence electrons. The fraction of sp³-hybridized carbons (Fsp3) is 0.500. The number of carbonyl (C=O) groups is 1. The summed E-state index contributed by atoms with van der Waals surface area (Å²) < 4.78 is 0. The van der Waals surface area contributed by atoms with Gasteiger partial charge in [-0.1, -0.05) is 0 Å². The van der Waals surface area contributed by atoms with E-state index in [2.05, 4.69) is 4.98 Å². The number of pyridine rings is 1. The lowest BCUT2D eigenvalue weighted by Crippen LogP contribution is -2.36. The molecule has 8 heteroatoms. The average molecular weight is 279 g/mol. The van der Waals surface area contributed by atoms with Crippen LogP contribution in [0.5, 0.6) is 0 Å². The predicted octanol–water partition coefficient (Wildman–Crippen LogP) is 0.664. The number of nitrogens with zero attached hydrogens (tertiary/aromatic N) is 3. The maximum absolute atomic E-state index is 11.0. The van der Waals surface area contributed by atoms with Crippen LogP contribution in [0, 0.1) is 16.0 Å². The minimum absolute atomic E-state index is 0.0486. The first kappa shape index (κ1) is 14.0. The molecule has 1 aliphatic heterocycles. The quantitative estimate of drug-likeness (QED) is 0.615. The standard InChI is InChI=1S/C12H17N5O3/c13-10-2-1-9(17(19)20)12(15-10)16-5-3-8(4-6-16)7-11(14)18/h1-2,8H,3-7H2,(H2,13,15)(H2,14,18). The van der Waals surface area contributed by atoms with Crippen molar-refractivity contribution in [3.63, 3.8) is 0 Å². The molecule has 0 saturated carbocycles. The summed E-state index contributed by atoms with van der Waals surface area (Å²) in [5, 5.41) is 11.0. The normalized spacial score (nSPS) is 16.1. The SMILES string of the molecule is NC(=O)CC1CCN(c2nc(N)ccc2[N+](=O)[O-])CC1. The number of aromatic nitrogens is 1. The monoisotopic (exact) mass is 279 g/mol.